The molecule has 5 nitrogen and oxygen atoms in total. The number of thioether (sulfide) groups is 1. The quantitative estimate of drug-likeness (QED) is 0.328. The van der Waals surface area contributed by atoms with Crippen LogP contribution in [0.3, 0.4) is 0 Å². The number of aliphatic hydroxyl groups is 2. The number of piperidine rings is 1. The molecule has 1 aliphatic rings. The summed E-state index contributed by atoms with van der Waals surface area (Å²) in [5.74, 6) is -1.50. The number of likely N-dealkylation sites (tertiary alicyclic amines) is 1. The smallest absolute Gasteiger partial charge is 0.142 e. The monoisotopic (exact) mass is 534 g/mol. The number of aliphatic hydroxyl groups excluding tert-OH is 2. The van der Waals surface area contributed by atoms with Crippen LogP contribution in [0, 0.1) is 29.8 Å². The molecule has 2 heterocycles. The summed E-state index contributed by atoms with van der Waals surface area (Å²) >= 11 is 1.04. The highest BCUT2D eigenvalue weighted by atomic mass is 32.2. The summed E-state index contributed by atoms with van der Waals surface area (Å²) in [6.45, 7) is 4.11. The molecular weight excluding hydrogens is 501 g/mol. The minimum Gasteiger partial charge on any atom is -0.497 e. The van der Waals surface area contributed by atoms with Crippen LogP contribution in [0.2, 0.25) is 0 Å². The molecule has 37 heavy (non-hydrogen) atoms. The first-order chi connectivity index (χ1) is 17.7. The van der Waals surface area contributed by atoms with Crippen molar-refractivity contribution in [2.75, 3.05) is 39.1 Å². The second kappa shape index (κ2) is 12.0. The maximum absolute atomic E-state index is 13.9. The van der Waals surface area contributed by atoms with E-state index < -0.39 is 23.6 Å². The number of methoxy groups -OCH3 is 1. The first-order valence-electron chi connectivity index (χ1n) is 12.5. The normalized spacial score (nSPS) is 16.7. The Balaban J connectivity index is 1.33. The van der Waals surface area contributed by atoms with E-state index in [9.17, 15) is 23.4 Å². The summed E-state index contributed by atoms with van der Waals surface area (Å²) < 4.78 is 46.2. The molecule has 200 valence electrons. The van der Waals surface area contributed by atoms with Crippen molar-refractivity contribution in [2.45, 2.75) is 43.6 Å². The Bertz CT molecular complexity index is 1210. The van der Waals surface area contributed by atoms with Crippen LogP contribution in [-0.4, -0.2) is 59.2 Å². The molecule has 0 radical (unpaired) electrons. The Morgan fingerprint density at radius 2 is 1.84 bits per heavy atom. The van der Waals surface area contributed by atoms with Crippen molar-refractivity contribution >= 4 is 22.7 Å². The first kappa shape index (κ1) is 27.7. The highest BCUT2D eigenvalue weighted by Crippen LogP contribution is 2.40. The number of aromatic nitrogens is 1. The van der Waals surface area contributed by atoms with Gasteiger partial charge in [-0.3, -0.25) is 4.98 Å². The van der Waals surface area contributed by atoms with Gasteiger partial charge in [-0.2, -0.15) is 0 Å². The molecule has 0 saturated carbocycles. The molecular formula is C28H33F3N2O3S. The molecule has 0 aliphatic carbocycles. The van der Waals surface area contributed by atoms with E-state index in [-0.39, 0.29) is 16.9 Å². The maximum Gasteiger partial charge on any atom is 0.142 e. The minimum absolute atomic E-state index is 0.0399. The van der Waals surface area contributed by atoms with Crippen molar-refractivity contribution < 1.29 is 28.1 Å². The van der Waals surface area contributed by atoms with Crippen LogP contribution in [0.1, 0.15) is 42.9 Å². The van der Waals surface area contributed by atoms with Gasteiger partial charge in [0.15, 0.2) is 0 Å². The predicted molar refractivity (Wildman–Crippen MR) is 139 cm³/mol. The standard InChI is InChI=1S/C28H33F3N2O3S/c1-18-16-32-24-4-3-20(36-2)15-21(24)26(18)25(35)5-6-28(17-34)7-9-33(10-8-28)11-12-37-27-22(30)13-19(29)14-23(27)31/h3-4,13-16,25,34-35H,5-12,17H2,1-2H3. The van der Waals surface area contributed by atoms with Gasteiger partial charge in [0.05, 0.1) is 23.6 Å². The fourth-order valence-corrected chi connectivity index (χ4v) is 6.08. The van der Waals surface area contributed by atoms with Crippen LogP contribution >= 0.6 is 11.8 Å². The SMILES string of the molecule is COc1ccc2ncc(C)c(C(O)CCC3(CO)CCN(CCSc4c(F)cc(F)cc4F)CC3)c2c1. The van der Waals surface area contributed by atoms with Crippen molar-refractivity contribution in [3.63, 3.8) is 0 Å². The van der Waals surface area contributed by atoms with Gasteiger partial charge in [-0.25, -0.2) is 13.2 Å². The molecule has 1 atom stereocenters. The molecule has 1 saturated heterocycles. The topological polar surface area (TPSA) is 65.8 Å². The van der Waals surface area contributed by atoms with Crippen molar-refractivity contribution in [3.05, 3.63) is 65.1 Å². The Hall–Kier alpha value is -2.33. The highest BCUT2D eigenvalue weighted by Gasteiger charge is 2.34. The number of fused-ring (bicyclic) bond motifs is 1. The van der Waals surface area contributed by atoms with Crippen LogP contribution in [0.25, 0.3) is 10.9 Å². The third-order valence-corrected chi connectivity index (χ3v) is 8.53. The molecule has 0 amide bonds. The maximum atomic E-state index is 13.9. The number of nitrogens with zero attached hydrogens (tertiary/aromatic N) is 2. The fraction of sp³-hybridized carbons (Fsp3) is 0.464. The summed E-state index contributed by atoms with van der Waals surface area (Å²) in [6, 6.07) is 7.02. The van der Waals surface area contributed by atoms with E-state index in [1.54, 1.807) is 13.3 Å². The first-order valence-corrected chi connectivity index (χ1v) is 13.5. The zero-order valence-electron chi connectivity index (χ0n) is 21.1. The number of aryl methyl sites for hydroxylation is 1. The fourth-order valence-electron chi connectivity index (χ4n) is 5.13. The minimum atomic E-state index is -0.923. The molecule has 2 N–H and O–H groups in total. The van der Waals surface area contributed by atoms with E-state index in [0.717, 1.165) is 59.7 Å². The van der Waals surface area contributed by atoms with Crippen LogP contribution < -0.4 is 4.74 Å². The van der Waals surface area contributed by atoms with Gasteiger partial charge >= 0.3 is 0 Å². The van der Waals surface area contributed by atoms with E-state index in [2.05, 4.69) is 9.88 Å². The molecule has 4 rings (SSSR count). The zero-order chi connectivity index (χ0) is 26.6. The lowest BCUT2D eigenvalue weighted by Crippen LogP contribution is -2.43. The average Bonchev–Trinajstić information content (AvgIpc) is 2.89. The number of pyridine rings is 1. The van der Waals surface area contributed by atoms with E-state index in [1.807, 2.05) is 25.1 Å². The number of ether oxygens (including phenoxy) is 1. The van der Waals surface area contributed by atoms with Crippen molar-refractivity contribution in [2.24, 2.45) is 5.41 Å². The van der Waals surface area contributed by atoms with Gasteiger partial charge in [0.1, 0.15) is 23.2 Å². The summed E-state index contributed by atoms with van der Waals surface area (Å²) in [6.07, 6.45) is 3.79. The highest BCUT2D eigenvalue weighted by molar-refractivity contribution is 7.99. The third-order valence-electron chi connectivity index (χ3n) is 7.47. The molecule has 1 unspecified atom stereocenters. The van der Waals surface area contributed by atoms with Gasteiger partial charge in [-0.05, 0) is 80.4 Å². The van der Waals surface area contributed by atoms with E-state index >= 15 is 0 Å². The Kier molecular flexibility index (Phi) is 9.00. The van der Waals surface area contributed by atoms with E-state index in [0.29, 0.717) is 43.0 Å². The van der Waals surface area contributed by atoms with Gasteiger partial charge in [-0.15, -0.1) is 11.8 Å². The summed E-state index contributed by atoms with van der Waals surface area (Å²) in [5, 5.41) is 22.3. The summed E-state index contributed by atoms with van der Waals surface area (Å²) in [4.78, 5) is 6.53. The lowest BCUT2D eigenvalue weighted by molar-refractivity contribution is 0.0254. The summed E-state index contributed by atoms with van der Waals surface area (Å²) in [5.41, 5.74) is 2.26. The van der Waals surface area contributed by atoms with Crippen molar-refractivity contribution in [1.82, 2.24) is 9.88 Å². The number of rotatable bonds is 10. The second-order valence-electron chi connectivity index (χ2n) is 9.84. The Morgan fingerprint density at radius 3 is 2.49 bits per heavy atom. The molecule has 9 heteroatoms. The zero-order valence-corrected chi connectivity index (χ0v) is 22.0. The van der Waals surface area contributed by atoms with Gasteiger partial charge in [-0.1, -0.05) is 0 Å². The Labute approximate surface area is 219 Å². The van der Waals surface area contributed by atoms with Crippen LogP contribution in [0.5, 0.6) is 5.75 Å². The van der Waals surface area contributed by atoms with Gasteiger partial charge in [0, 0.05) is 42.6 Å². The molecule has 1 aromatic heterocycles. The second-order valence-corrected chi connectivity index (χ2v) is 10.9. The number of halogens is 3. The average molecular weight is 535 g/mol. The van der Waals surface area contributed by atoms with Crippen LogP contribution in [-0.2, 0) is 0 Å². The molecule has 3 aromatic rings. The summed E-state index contributed by atoms with van der Waals surface area (Å²) in [7, 11) is 1.61. The van der Waals surface area contributed by atoms with Gasteiger partial charge in [0.25, 0.3) is 0 Å². The molecule has 2 aromatic carbocycles. The van der Waals surface area contributed by atoms with Gasteiger partial charge in [0.2, 0.25) is 0 Å². The molecule has 0 spiro atoms. The molecule has 1 fully saturated rings. The molecule has 1 aliphatic heterocycles. The predicted octanol–water partition coefficient (Wildman–Crippen LogP) is 5.65. The third kappa shape index (κ3) is 6.39. The van der Waals surface area contributed by atoms with E-state index in [1.165, 1.54) is 0 Å². The number of hydrogen-bond donors (Lipinski definition) is 2. The van der Waals surface area contributed by atoms with Crippen molar-refractivity contribution in [1.29, 1.82) is 0 Å². The van der Waals surface area contributed by atoms with Crippen LogP contribution in [0.4, 0.5) is 13.2 Å². The number of hydrogen-bond acceptors (Lipinski definition) is 6. The largest absolute Gasteiger partial charge is 0.497 e. The van der Waals surface area contributed by atoms with Crippen LogP contribution in [0.15, 0.2) is 41.4 Å². The molecule has 0 bridgehead atoms. The van der Waals surface area contributed by atoms with E-state index in [4.69, 9.17) is 4.74 Å². The van der Waals surface area contributed by atoms with Gasteiger partial charge < -0.3 is 19.8 Å². The van der Waals surface area contributed by atoms with Crippen molar-refractivity contribution in [3.8, 4) is 5.75 Å². The lowest BCUT2D eigenvalue weighted by atomic mass is 9.74. The Morgan fingerprint density at radius 1 is 1.14 bits per heavy atom. The number of benzene rings is 2. The lowest BCUT2D eigenvalue weighted by Gasteiger charge is -2.41.